The molecule has 3 aliphatic rings. The standard InChI is InChI=1S/C20H27FN2O2/c1-14-17-12-16(21)7-6-15(17)8-9-22(14)13-20(24)23-10-11-25-19-5-3-2-4-18(19)23/h6-7,12,14,18-19H,2-5,8-11,13H2,1H3. The van der Waals surface area contributed by atoms with Gasteiger partial charge in [0.1, 0.15) is 5.82 Å². The molecule has 3 unspecified atom stereocenters. The van der Waals surface area contributed by atoms with Crippen molar-refractivity contribution in [1.82, 2.24) is 9.80 Å². The number of benzene rings is 1. The van der Waals surface area contributed by atoms with E-state index in [9.17, 15) is 9.18 Å². The normalized spacial score (nSPS) is 29.8. The Bertz CT molecular complexity index is 649. The van der Waals surface area contributed by atoms with E-state index in [1.54, 1.807) is 6.07 Å². The zero-order valence-electron chi connectivity index (χ0n) is 14.9. The lowest BCUT2D eigenvalue weighted by atomic mass is 9.90. The van der Waals surface area contributed by atoms with Crippen molar-refractivity contribution in [3.05, 3.63) is 35.1 Å². The highest BCUT2D eigenvalue weighted by atomic mass is 19.1. The van der Waals surface area contributed by atoms with Crippen molar-refractivity contribution >= 4 is 5.91 Å². The molecule has 5 heteroatoms. The molecule has 1 saturated carbocycles. The third-order valence-electron chi connectivity index (χ3n) is 6.16. The number of morpholine rings is 1. The molecular weight excluding hydrogens is 319 g/mol. The van der Waals surface area contributed by atoms with Crippen LogP contribution in [0.15, 0.2) is 18.2 Å². The van der Waals surface area contributed by atoms with E-state index in [-0.39, 0.29) is 29.9 Å². The minimum Gasteiger partial charge on any atom is -0.374 e. The summed E-state index contributed by atoms with van der Waals surface area (Å²) in [4.78, 5) is 17.2. The fraction of sp³-hybridized carbons (Fsp3) is 0.650. The Labute approximate surface area is 148 Å². The molecule has 0 bridgehead atoms. The Morgan fingerprint density at radius 3 is 3.00 bits per heavy atom. The van der Waals surface area contributed by atoms with Gasteiger partial charge in [-0.05, 0) is 49.4 Å². The number of halogens is 1. The number of ether oxygens (including phenoxy) is 1. The maximum absolute atomic E-state index is 13.6. The van der Waals surface area contributed by atoms with E-state index in [0.717, 1.165) is 31.4 Å². The highest BCUT2D eigenvalue weighted by molar-refractivity contribution is 5.79. The lowest BCUT2D eigenvalue weighted by molar-refractivity contribution is -0.151. The summed E-state index contributed by atoms with van der Waals surface area (Å²) in [5.74, 6) is 0.00362. The maximum atomic E-state index is 13.6. The smallest absolute Gasteiger partial charge is 0.237 e. The number of carbonyl (C=O) groups excluding carboxylic acids is 1. The van der Waals surface area contributed by atoms with Gasteiger partial charge in [-0.15, -0.1) is 0 Å². The summed E-state index contributed by atoms with van der Waals surface area (Å²) >= 11 is 0. The van der Waals surface area contributed by atoms with Crippen LogP contribution in [0.25, 0.3) is 0 Å². The van der Waals surface area contributed by atoms with Gasteiger partial charge < -0.3 is 9.64 Å². The minimum atomic E-state index is -0.197. The number of rotatable bonds is 2. The fourth-order valence-corrected chi connectivity index (χ4v) is 4.72. The van der Waals surface area contributed by atoms with Crippen LogP contribution >= 0.6 is 0 Å². The van der Waals surface area contributed by atoms with E-state index in [1.807, 2.05) is 6.07 Å². The SMILES string of the molecule is CC1c2cc(F)ccc2CCN1CC(=O)N1CCOC2CCCCC21. The monoisotopic (exact) mass is 346 g/mol. The molecule has 0 N–H and O–H groups in total. The number of amides is 1. The van der Waals surface area contributed by atoms with Gasteiger partial charge in [-0.2, -0.15) is 0 Å². The molecule has 3 atom stereocenters. The van der Waals surface area contributed by atoms with Crippen molar-refractivity contribution in [3.63, 3.8) is 0 Å². The van der Waals surface area contributed by atoms with Gasteiger partial charge >= 0.3 is 0 Å². The number of fused-ring (bicyclic) bond motifs is 2. The minimum absolute atomic E-state index is 0.0755. The van der Waals surface area contributed by atoms with Gasteiger partial charge in [0.25, 0.3) is 0 Å². The molecule has 1 amide bonds. The van der Waals surface area contributed by atoms with Gasteiger partial charge in [0.05, 0.1) is 25.3 Å². The van der Waals surface area contributed by atoms with Crippen LogP contribution in [0.4, 0.5) is 4.39 Å². The lowest BCUT2D eigenvalue weighted by Gasteiger charge is -2.45. The van der Waals surface area contributed by atoms with E-state index >= 15 is 0 Å². The van der Waals surface area contributed by atoms with E-state index in [1.165, 1.54) is 24.5 Å². The number of carbonyl (C=O) groups is 1. The zero-order chi connectivity index (χ0) is 17.4. The van der Waals surface area contributed by atoms with Crippen LogP contribution in [0.2, 0.25) is 0 Å². The van der Waals surface area contributed by atoms with Crippen LogP contribution in [0.3, 0.4) is 0 Å². The first kappa shape index (κ1) is 17.0. The van der Waals surface area contributed by atoms with Crippen LogP contribution in [0.1, 0.15) is 49.8 Å². The summed E-state index contributed by atoms with van der Waals surface area (Å²) in [5.41, 5.74) is 2.23. The van der Waals surface area contributed by atoms with E-state index in [2.05, 4.69) is 16.7 Å². The largest absolute Gasteiger partial charge is 0.374 e. The highest BCUT2D eigenvalue weighted by Crippen LogP contribution is 2.31. The Balaban J connectivity index is 1.45. The van der Waals surface area contributed by atoms with E-state index in [0.29, 0.717) is 19.7 Å². The first-order valence-electron chi connectivity index (χ1n) is 9.57. The summed E-state index contributed by atoms with van der Waals surface area (Å²) in [7, 11) is 0. The zero-order valence-corrected chi connectivity index (χ0v) is 14.9. The van der Waals surface area contributed by atoms with E-state index < -0.39 is 0 Å². The van der Waals surface area contributed by atoms with Gasteiger partial charge in [-0.25, -0.2) is 4.39 Å². The Kier molecular flexibility index (Phi) is 4.78. The molecule has 136 valence electrons. The highest BCUT2D eigenvalue weighted by Gasteiger charge is 2.37. The average Bonchev–Trinajstić information content (AvgIpc) is 2.64. The summed E-state index contributed by atoms with van der Waals surface area (Å²) in [6.07, 6.45) is 5.61. The molecule has 0 spiro atoms. The van der Waals surface area contributed by atoms with Crippen molar-refractivity contribution < 1.29 is 13.9 Å². The van der Waals surface area contributed by atoms with Gasteiger partial charge in [-0.1, -0.05) is 18.9 Å². The molecule has 1 aliphatic carbocycles. The molecule has 2 aliphatic heterocycles. The van der Waals surface area contributed by atoms with Crippen LogP contribution in [-0.4, -0.2) is 54.1 Å². The number of hydrogen-bond acceptors (Lipinski definition) is 3. The quantitative estimate of drug-likeness (QED) is 0.825. The Hall–Kier alpha value is -1.46. The van der Waals surface area contributed by atoms with E-state index in [4.69, 9.17) is 4.74 Å². The predicted octanol–water partition coefficient (Wildman–Crippen LogP) is 2.91. The van der Waals surface area contributed by atoms with Gasteiger partial charge in [0.15, 0.2) is 0 Å². The second-order valence-electron chi connectivity index (χ2n) is 7.59. The summed E-state index contributed by atoms with van der Waals surface area (Å²) in [6, 6.07) is 5.37. The van der Waals surface area contributed by atoms with Crippen molar-refractivity contribution in [3.8, 4) is 0 Å². The Morgan fingerprint density at radius 2 is 2.12 bits per heavy atom. The Morgan fingerprint density at radius 1 is 1.28 bits per heavy atom. The topological polar surface area (TPSA) is 32.8 Å². The third-order valence-corrected chi connectivity index (χ3v) is 6.16. The second-order valence-corrected chi connectivity index (χ2v) is 7.59. The van der Waals surface area contributed by atoms with Crippen molar-refractivity contribution in [2.24, 2.45) is 0 Å². The average molecular weight is 346 g/mol. The molecule has 0 radical (unpaired) electrons. The molecule has 2 heterocycles. The van der Waals surface area contributed by atoms with Crippen LogP contribution < -0.4 is 0 Å². The van der Waals surface area contributed by atoms with Gasteiger partial charge in [0.2, 0.25) is 5.91 Å². The van der Waals surface area contributed by atoms with Gasteiger partial charge in [-0.3, -0.25) is 9.69 Å². The maximum Gasteiger partial charge on any atom is 0.237 e. The van der Waals surface area contributed by atoms with Gasteiger partial charge in [0, 0.05) is 19.1 Å². The molecule has 1 aromatic carbocycles. The summed E-state index contributed by atoms with van der Waals surface area (Å²) in [5, 5.41) is 0. The fourth-order valence-electron chi connectivity index (χ4n) is 4.72. The molecule has 4 nitrogen and oxygen atoms in total. The van der Waals surface area contributed by atoms with Crippen molar-refractivity contribution in [2.75, 3.05) is 26.2 Å². The molecular formula is C20H27FN2O2. The molecule has 0 aromatic heterocycles. The number of hydrogen-bond donors (Lipinski definition) is 0. The van der Waals surface area contributed by atoms with Crippen LogP contribution in [0, 0.1) is 5.82 Å². The first-order valence-corrected chi connectivity index (χ1v) is 9.57. The molecule has 2 fully saturated rings. The number of nitrogens with zero attached hydrogens (tertiary/aromatic N) is 2. The third kappa shape index (κ3) is 3.32. The first-order chi connectivity index (χ1) is 12.1. The predicted molar refractivity (Wildman–Crippen MR) is 93.8 cm³/mol. The summed E-state index contributed by atoms with van der Waals surface area (Å²) < 4.78 is 19.5. The van der Waals surface area contributed by atoms with Crippen molar-refractivity contribution in [2.45, 2.75) is 57.2 Å². The molecule has 1 aromatic rings. The summed E-state index contributed by atoms with van der Waals surface area (Å²) in [6.45, 7) is 4.70. The van der Waals surface area contributed by atoms with Crippen LogP contribution in [-0.2, 0) is 16.0 Å². The molecule has 25 heavy (non-hydrogen) atoms. The molecule has 4 rings (SSSR count). The van der Waals surface area contributed by atoms with Crippen LogP contribution in [0.5, 0.6) is 0 Å². The lowest BCUT2D eigenvalue weighted by Crippen LogP contribution is -2.57. The molecule has 1 saturated heterocycles. The van der Waals surface area contributed by atoms with Crippen molar-refractivity contribution in [1.29, 1.82) is 0 Å². The second kappa shape index (κ2) is 7.04.